The maximum absolute atomic E-state index is 11.5. The normalized spacial score (nSPS) is 16.6. The number of ether oxygens (including phenoxy) is 1. The van der Waals surface area contributed by atoms with Crippen LogP contribution in [0.4, 0.5) is 0 Å². The van der Waals surface area contributed by atoms with Gasteiger partial charge in [0.25, 0.3) is 0 Å². The highest BCUT2D eigenvalue weighted by molar-refractivity contribution is 7.91. The first-order valence-electron chi connectivity index (χ1n) is 4.86. The van der Waals surface area contributed by atoms with Crippen LogP contribution in [-0.2, 0) is 14.6 Å². The second-order valence-corrected chi connectivity index (χ2v) is 5.96. The summed E-state index contributed by atoms with van der Waals surface area (Å²) in [7, 11) is -1.50. The predicted molar refractivity (Wildman–Crippen MR) is 58.0 cm³/mol. The number of nitrogens with two attached hydrogens (primary N) is 1. The van der Waals surface area contributed by atoms with Gasteiger partial charge in [0, 0.05) is 13.2 Å². The number of sulfone groups is 1. The van der Waals surface area contributed by atoms with Crippen molar-refractivity contribution in [3.8, 4) is 0 Å². The van der Waals surface area contributed by atoms with E-state index in [0.29, 0.717) is 6.61 Å². The van der Waals surface area contributed by atoms with E-state index in [4.69, 9.17) is 10.5 Å². The van der Waals surface area contributed by atoms with Crippen molar-refractivity contribution in [2.24, 2.45) is 11.7 Å². The second kappa shape index (κ2) is 6.37. The van der Waals surface area contributed by atoms with Gasteiger partial charge in [-0.3, -0.25) is 0 Å². The summed E-state index contributed by atoms with van der Waals surface area (Å²) in [6.07, 6.45) is 0.874. The van der Waals surface area contributed by atoms with Crippen LogP contribution in [0.3, 0.4) is 0 Å². The summed E-state index contributed by atoms with van der Waals surface area (Å²) in [5.41, 5.74) is 5.58. The van der Waals surface area contributed by atoms with Crippen molar-refractivity contribution in [1.29, 1.82) is 0 Å². The third-order valence-electron chi connectivity index (χ3n) is 2.08. The molecule has 0 saturated carbocycles. The van der Waals surface area contributed by atoms with Crippen molar-refractivity contribution in [2.75, 3.05) is 25.2 Å². The summed E-state index contributed by atoms with van der Waals surface area (Å²) in [6.45, 7) is 4.20. The Labute approximate surface area is 86.7 Å². The van der Waals surface area contributed by atoms with Gasteiger partial charge in [0.15, 0.2) is 9.84 Å². The van der Waals surface area contributed by atoms with E-state index in [2.05, 4.69) is 0 Å². The zero-order valence-electron chi connectivity index (χ0n) is 9.19. The van der Waals surface area contributed by atoms with Crippen LogP contribution in [0.1, 0.15) is 20.3 Å². The van der Waals surface area contributed by atoms with E-state index < -0.39 is 15.9 Å². The molecular weight excluding hydrogens is 202 g/mol. The molecular formula is C9H21NO3S. The van der Waals surface area contributed by atoms with Crippen LogP contribution < -0.4 is 5.73 Å². The lowest BCUT2D eigenvalue weighted by Gasteiger charge is -2.13. The summed E-state index contributed by atoms with van der Waals surface area (Å²) in [4.78, 5) is 0. The zero-order chi connectivity index (χ0) is 11.2. The quantitative estimate of drug-likeness (QED) is 0.679. The van der Waals surface area contributed by atoms with Crippen molar-refractivity contribution in [3.63, 3.8) is 0 Å². The molecule has 0 spiro atoms. The summed E-state index contributed by atoms with van der Waals surface area (Å²) in [6, 6.07) is -0.408. The predicted octanol–water partition coefficient (Wildman–Crippen LogP) is 0.421. The summed E-state index contributed by atoms with van der Waals surface area (Å²) in [5.74, 6) is 0.446. The van der Waals surface area contributed by atoms with Crippen LogP contribution in [0.5, 0.6) is 0 Å². The molecule has 0 aromatic carbocycles. The van der Waals surface area contributed by atoms with Gasteiger partial charge in [0.1, 0.15) is 0 Å². The van der Waals surface area contributed by atoms with E-state index in [0.717, 1.165) is 6.42 Å². The first kappa shape index (κ1) is 13.9. The summed E-state index contributed by atoms with van der Waals surface area (Å²) >= 11 is 0. The minimum Gasteiger partial charge on any atom is -0.383 e. The van der Waals surface area contributed by atoms with Gasteiger partial charge in [-0.2, -0.15) is 0 Å². The van der Waals surface area contributed by atoms with Gasteiger partial charge in [-0.25, -0.2) is 8.42 Å². The molecule has 0 aliphatic rings. The number of hydrogen-bond donors (Lipinski definition) is 1. The molecule has 0 radical (unpaired) electrons. The van der Waals surface area contributed by atoms with E-state index in [9.17, 15) is 8.42 Å². The molecule has 86 valence electrons. The molecule has 0 aromatic heterocycles. The summed E-state index contributed by atoms with van der Waals surface area (Å²) in [5, 5.41) is 0. The molecule has 0 aromatic rings. The Morgan fingerprint density at radius 1 is 1.36 bits per heavy atom. The Balaban J connectivity index is 4.07. The van der Waals surface area contributed by atoms with Crippen LogP contribution in [-0.4, -0.2) is 39.7 Å². The smallest absolute Gasteiger partial charge is 0.152 e. The molecule has 4 nitrogen and oxygen atoms in total. The van der Waals surface area contributed by atoms with Gasteiger partial charge in [-0.05, 0) is 5.92 Å². The van der Waals surface area contributed by atoms with Crippen LogP contribution in [0.2, 0.25) is 0 Å². The number of hydrogen-bond acceptors (Lipinski definition) is 4. The van der Waals surface area contributed by atoms with E-state index in [-0.39, 0.29) is 17.4 Å². The molecule has 0 heterocycles. The van der Waals surface area contributed by atoms with Crippen molar-refractivity contribution in [3.05, 3.63) is 0 Å². The topological polar surface area (TPSA) is 69.4 Å². The van der Waals surface area contributed by atoms with E-state index >= 15 is 0 Å². The fraction of sp³-hybridized carbons (Fsp3) is 1.00. The SMILES string of the molecule is CCC(C)CS(=O)(=O)CC(N)COC. The number of rotatable bonds is 7. The Morgan fingerprint density at radius 3 is 2.36 bits per heavy atom. The monoisotopic (exact) mass is 223 g/mol. The highest BCUT2D eigenvalue weighted by atomic mass is 32.2. The zero-order valence-corrected chi connectivity index (χ0v) is 10.0. The maximum Gasteiger partial charge on any atom is 0.152 e. The first-order valence-corrected chi connectivity index (χ1v) is 6.68. The van der Waals surface area contributed by atoms with Gasteiger partial charge >= 0.3 is 0 Å². The Bertz CT molecular complexity index is 238. The molecule has 0 aliphatic heterocycles. The molecule has 2 unspecified atom stereocenters. The van der Waals surface area contributed by atoms with E-state index in [1.54, 1.807) is 0 Å². The molecule has 0 bridgehead atoms. The molecule has 0 amide bonds. The minimum atomic E-state index is -3.02. The molecule has 0 fully saturated rings. The Hall–Kier alpha value is -0.130. The van der Waals surface area contributed by atoms with Crippen molar-refractivity contribution in [2.45, 2.75) is 26.3 Å². The third-order valence-corrected chi connectivity index (χ3v) is 4.10. The van der Waals surface area contributed by atoms with E-state index in [1.807, 2.05) is 13.8 Å². The van der Waals surface area contributed by atoms with Crippen molar-refractivity contribution >= 4 is 9.84 Å². The van der Waals surface area contributed by atoms with Crippen molar-refractivity contribution in [1.82, 2.24) is 0 Å². The van der Waals surface area contributed by atoms with Crippen LogP contribution in [0, 0.1) is 5.92 Å². The van der Waals surface area contributed by atoms with Crippen molar-refractivity contribution < 1.29 is 13.2 Å². The molecule has 14 heavy (non-hydrogen) atoms. The average molecular weight is 223 g/mol. The number of methoxy groups -OCH3 is 1. The average Bonchev–Trinajstić information content (AvgIpc) is 2.02. The fourth-order valence-electron chi connectivity index (χ4n) is 1.21. The van der Waals surface area contributed by atoms with Crippen LogP contribution in [0.25, 0.3) is 0 Å². The molecule has 0 rings (SSSR count). The van der Waals surface area contributed by atoms with Gasteiger partial charge in [-0.1, -0.05) is 20.3 Å². The second-order valence-electron chi connectivity index (χ2n) is 3.81. The third kappa shape index (κ3) is 6.34. The molecule has 2 N–H and O–H groups in total. The van der Waals surface area contributed by atoms with Gasteiger partial charge in [0.2, 0.25) is 0 Å². The maximum atomic E-state index is 11.5. The largest absolute Gasteiger partial charge is 0.383 e. The molecule has 2 atom stereocenters. The van der Waals surface area contributed by atoms with Crippen LogP contribution in [0.15, 0.2) is 0 Å². The highest BCUT2D eigenvalue weighted by Gasteiger charge is 2.18. The molecule has 0 saturated heterocycles. The van der Waals surface area contributed by atoms with Gasteiger partial charge < -0.3 is 10.5 Å². The standard InChI is InChI=1S/C9H21NO3S/c1-4-8(2)6-14(11,12)7-9(10)5-13-3/h8-9H,4-7,10H2,1-3H3. The Kier molecular flexibility index (Phi) is 6.31. The fourth-order valence-corrected chi connectivity index (χ4v) is 3.20. The highest BCUT2D eigenvalue weighted by Crippen LogP contribution is 2.06. The molecule has 5 heteroatoms. The lowest BCUT2D eigenvalue weighted by atomic mass is 10.2. The van der Waals surface area contributed by atoms with E-state index in [1.165, 1.54) is 7.11 Å². The van der Waals surface area contributed by atoms with Gasteiger partial charge in [-0.15, -0.1) is 0 Å². The Morgan fingerprint density at radius 2 is 1.93 bits per heavy atom. The lowest BCUT2D eigenvalue weighted by molar-refractivity contribution is 0.186. The first-order chi connectivity index (χ1) is 6.41. The summed E-state index contributed by atoms with van der Waals surface area (Å²) < 4.78 is 27.9. The minimum absolute atomic E-state index is 0.0190. The molecule has 0 aliphatic carbocycles. The van der Waals surface area contributed by atoms with Gasteiger partial charge in [0.05, 0.1) is 18.1 Å². The lowest BCUT2D eigenvalue weighted by Crippen LogP contribution is -2.35. The van der Waals surface area contributed by atoms with Crippen LogP contribution >= 0.6 is 0 Å².